The monoisotopic (exact) mass is 446 g/mol. The molecule has 0 saturated carbocycles. The van der Waals surface area contributed by atoms with Crippen LogP contribution in [0.2, 0.25) is 0 Å². The molecule has 8 heteroatoms. The fourth-order valence-corrected chi connectivity index (χ4v) is 4.22. The average Bonchev–Trinajstić information content (AvgIpc) is 3.16. The third-order valence-corrected chi connectivity index (χ3v) is 5.80. The molecular weight excluding hydrogens is 416 g/mol. The number of benzene rings is 2. The number of esters is 1. The van der Waals surface area contributed by atoms with Gasteiger partial charge in [-0.1, -0.05) is 12.1 Å². The van der Waals surface area contributed by atoms with Crippen molar-refractivity contribution in [3.8, 4) is 34.5 Å². The standard InChI is InChI=1S/C24H30O8/c1-26-18-9-7-14(20(28-3)22(18)30-5)11-16-13-32-24(25)17(16)12-15-8-10-19(27-2)23(31-6)21(15)29-4/h7-10,16-17H,11-13H2,1-6H3. The zero-order chi connectivity index (χ0) is 23.3. The number of cyclic esters (lactones) is 1. The van der Waals surface area contributed by atoms with E-state index in [0.29, 0.717) is 53.9 Å². The van der Waals surface area contributed by atoms with Gasteiger partial charge in [0.25, 0.3) is 0 Å². The van der Waals surface area contributed by atoms with Crippen LogP contribution in [-0.2, 0) is 22.4 Å². The van der Waals surface area contributed by atoms with Gasteiger partial charge in [-0.2, -0.15) is 0 Å². The molecule has 1 saturated heterocycles. The van der Waals surface area contributed by atoms with Crippen LogP contribution in [-0.4, -0.2) is 55.2 Å². The molecule has 174 valence electrons. The molecule has 2 aromatic carbocycles. The topological polar surface area (TPSA) is 81.7 Å². The summed E-state index contributed by atoms with van der Waals surface area (Å²) < 4.78 is 38.3. The lowest BCUT2D eigenvalue weighted by Crippen LogP contribution is -2.21. The van der Waals surface area contributed by atoms with Crippen molar-refractivity contribution >= 4 is 5.97 Å². The van der Waals surface area contributed by atoms with Crippen LogP contribution in [0.3, 0.4) is 0 Å². The van der Waals surface area contributed by atoms with E-state index in [0.717, 1.165) is 11.1 Å². The smallest absolute Gasteiger partial charge is 0.309 e. The first-order chi connectivity index (χ1) is 15.5. The number of hydrogen-bond acceptors (Lipinski definition) is 8. The normalized spacial score (nSPS) is 17.5. The van der Waals surface area contributed by atoms with Crippen molar-refractivity contribution in [3.63, 3.8) is 0 Å². The highest BCUT2D eigenvalue weighted by Crippen LogP contribution is 2.44. The third-order valence-electron chi connectivity index (χ3n) is 5.80. The molecule has 2 aromatic rings. The predicted molar refractivity (Wildman–Crippen MR) is 118 cm³/mol. The van der Waals surface area contributed by atoms with Crippen LogP contribution in [0.5, 0.6) is 34.5 Å². The molecule has 8 nitrogen and oxygen atoms in total. The van der Waals surface area contributed by atoms with Gasteiger partial charge in [-0.3, -0.25) is 4.79 Å². The summed E-state index contributed by atoms with van der Waals surface area (Å²) in [5, 5.41) is 0. The van der Waals surface area contributed by atoms with Crippen molar-refractivity contribution < 1.29 is 38.0 Å². The van der Waals surface area contributed by atoms with Crippen molar-refractivity contribution in [1.29, 1.82) is 0 Å². The molecule has 32 heavy (non-hydrogen) atoms. The molecule has 0 N–H and O–H groups in total. The minimum atomic E-state index is -0.347. The Balaban J connectivity index is 1.91. The minimum Gasteiger partial charge on any atom is -0.493 e. The number of carbonyl (C=O) groups excluding carboxylic acids is 1. The molecule has 2 atom stereocenters. The largest absolute Gasteiger partial charge is 0.493 e. The molecule has 0 bridgehead atoms. The first-order valence-corrected chi connectivity index (χ1v) is 10.2. The van der Waals surface area contributed by atoms with Crippen LogP contribution in [0, 0.1) is 11.8 Å². The predicted octanol–water partition coefficient (Wildman–Crippen LogP) is 3.31. The highest BCUT2D eigenvalue weighted by atomic mass is 16.5. The Morgan fingerprint density at radius 2 is 1.16 bits per heavy atom. The van der Waals surface area contributed by atoms with Crippen LogP contribution in [0.4, 0.5) is 0 Å². The second-order valence-electron chi connectivity index (χ2n) is 7.39. The molecule has 1 aliphatic rings. The number of ether oxygens (including phenoxy) is 7. The summed E-state index contributed by atoms with van der Waals surface area (Å²) in [4.78, 5) is 12.6. The third kappa shape index (κ3) is 4.35. The quantitative estimate of drug-likeness (QED) is 0.514. The Kier molecular flexibility index (Phi) is 7.56. The molecule has 0 spiro atoms. The van der Waals surface area contributed by atoms with Crippen LogP contribution in [0.15, 0.2) is 24.3 Å². The van der Waals surface area contributed by atoms with Crippen molar-refractivity contribution in [2.24, 2.45) is 11.8 Å². The minimum absolute atomic E-state index is 0.0488. The summed E-state index contributed by atoms with van der Waals surface area (Å²) in [6.45, 7) is 0.330. The fourth-order valence-electron chi connectivity index (χ4n) is 4.22. The lowest BCUT2D eigenvalue weighted by Gasteiger charge is -2.21. The highest BCUT2D eigenvalue weighted by molar-refractivity contribution is 5.75. The summed E-state index contributed by atoms with van der Waals surface area (Å²) in [5.41, 5.74) is 1.76. The number of hydrogen-bond donors (Lipinski definition) is 0. The van der Waals surface area contributed by atoms with Crippen LogP contribution < -0.4 is 28.4 Å². The van der Waals surface area contributed by atoms with Crippen molar-refractivity contribution in [2.45, 2.75) is 12.8 Å². The maximum absolute atomic E-state index is 12.6. The fraction of sp³-hybridized carbons (Fsp3) is 0.458. The van der Waals surface area contributed by atoms with E-state index in [9.17, 15) is 4.79 Å². The maximum Gasteiger partial charge on any atom is 0.309 e. The summed E-state index contributed by atoms with van der Waals surface area (Å²) in [5.74, 6) is 2.68. The van der Waals surface area contributed by atoms with Gasteiger partial charge in [0.15, 0.2) is 23.0 Å². The molecule has 0 radical (unpaired) electrons. The summed E-state index contributed by atoms with van der Waals surface area (Å²) >= 11 is 0. The zero-order valence-corrected chi connectivity index (χ0v) is 19.4. The van der Waals surface area contributed by atoms with Gasteiger partial charge in [-0.05, 0) is 36.1 Å². The van der Waals surface area contributed by atoms with Gasteiger partial charge in [0, 0.05) is 5.92 Å². The van der Waals surface area contributed by atoms with E-state index in [1.165, 1.54) is 0 Å². The van der Waals surface area contributed by atoms with E-state index in [1.54, 1.807) is 42.7 Å². The molecule has 1 heterocycles. The second kappa shape index (κ2) is 10.3. The van der Waals surface area contributed by atoms with Crippen LogP contribution in [0.1, 0.15) is 11.1 Å². The zero-order valence-electron chi connectivity index (χ0n) is 19.4. The summed E-state index contributed by atoms with van der Waals surface area (Å²) in [7, 11) is 9.42. The number of carbonyl (C=O) groups is 1. The van der Waals surface area contributed by atoms with Gasteiger partial charge in [0.2, 0.25) is 11.5 Å². The molecular formula is C24H30O8. The van der Waals surface area contributed by atoms with Gasteiger partial charge in [0.1, 0.15) is 0 Å². The van der Waals surface area contributed by atoms with E-state index in [1.807, 2.05) is 24.3 Å². The Hall–Kier alpha value is -3.29. The van der Waals surface area contributed by atoms with Crippen molar-refractivity contribution in [3.05, 3.63) is 35.4 Å². The maximum atomic E-state index is 12.6. The average molecular weight is 446 g/mol. The Morgan fingerprint density at radius 3 is 1.59 bits per heavy atom. The van der Waals surface area contributed by atoms with Crippen molar-refractivity contribution in [2.75, 3.05) is 49.3 Å². The molecule has 3 rings (SSSR count). The SMILES string of the molecule is COc1ccc(CC2COC(=O)C2Cc2ccc(OC)c(OC)c2OC)c(OC)c1OC. The van der Waals surface area contributed by atoms with E-state index < -0.39 is 0 Å². The van der Waals surface area contributed by atoms with E-state index in [4.69, 9.17) is 33.2 Å². The van der Waals surface area contributed by atoms with Crippen LogP contribution in [0.25, 0.3) is 0 Å². The Morgan fingerprint density at radius 1 is 0.688 bits per heavy atom. The highest BCUT2D eigenvalue weighted by Gasteiger charge is 2.38. The summed E-state index contributed by atoms with van der Waals surface area (Å²) in [6, 6.07) is 7.46. The lowest BCUT2D eigenvalue weighted by atomic mass is 9.84. The first kappa shape index (κ1) is 23.4. The molecule has 0 amide bonds. The number of rotatable bonds is 10. The molecule has 1 fully saturated rings. The summed E-state index contributed by atoms with van der Waals surface area (Å²) in [6.07, 6.45) is 1.03. The number of methoxy groups -OCH3 is 6. The molecule has 0 aromatic heterocycles. The Bertz CT molecular complexity index is 956. The van der Waals surface area contributed by atoms with Gasteiger partial charge in [-0.15, -0.1) is 0 Å². The Labute approximate surface area is 188 Å². The molecule has 2 unspecified atom stereocenters. The first-order valence-electron chi connectivity index (χ1n) is 10.2. The molecule has 0 aliphatic carbocycles. The van der Waals surface area contributed by atoms with Crippen LogP contribution >= 0.6 is 0 Å². The van der Waals surface area contributed by atoms with Gasteiger partial charge < -0.3 is 33.2 Å². The van der Waals surface area contributed by atoms with Gasteiger partial charge in [0.05, 0.1) is 55.2 Å². The van der Waals surface area contributed by atoms with Gasteiger partial charge in [-0.25, -0.2) is 0 Å². The van der Waals surface area contributed by atoms with E-state index in [-0.39, 0.29) is 17.8 Å². The molecule has 1 aliphatic heterocycles. The van der Waals surface area contributed by atoms with Gasteiger partial charge >= 0.3 is 5.97 Å². The van der Waals surface area contributed by atoms with E-state index in [2.05, 4.69) is 0 Å². The van der Waals surface area contributed by atoms with Crippen molar-refractivity contribution in [1.82, 2.24) is 0 Å². The second-order valence-corrected chi connectivity index (χ2v) is 7.39. The lowest BCUT2D eigenvalue weighted by molar-refractivity contribution is -0.141. The van der Waals surface area contributed by atoms with E-state index >= 15 is 0 Å².